The van der Waals surface area contributed by atoms with Crippen LogP contribution in [0.3, 0.4) is 0 Å². The minimum absolute atomic E-state index is 0.261. The first-order valence-electron chi connectivity index (χ1n) is 4.52. The monoisotopic (exact) mass is 247 g/mol. The van der Waals surface area contributed by atoms with Gasteiger partial charge in [0.05, 0.1) is 11.5 Å². The molecule has 0 bridgehead atoms. The van der Waals surface area contributed by atoms with Crippen molar-refractivity contribution < 1.29 is 14.4 Å². The summed E-state index contributed by atoms with van der Waals surface area (Å²) >= 11 is 3.26. The average molecular weight is 247 g/mol. The second-order valence-electron chi connectivity index (χ2n) is 2.54. The Kier molecular flexibility index (Phi) is 5.63. The lowest BCUT2D eigenvalue weighted by molar-refractivity contribution is -0.135. The fraction of sp³-hybridized carbons (Fsp3) is 0.556. The highest BCUT2D eigenvalue weighted by atomic mass is 32.2. The molecule has 0 radical (unpaired) electrons. The highest BCUT2D eigenvalue weighted by Crippen LogP contribution is 2.28. The summed E-state index contributed by atoms with van der Waals surface area (Å²) in [6, 6.07) is 0. The van der Waals surface area contributed by atoms with Gasteiger partial charge in [-0.25, -0.2) is 4.79 Å². The van der Waals surface area contributed by atoms with Crippen molar-refractivity contribution >= 4 is 35.2 Å². The molecule has 84 valence electrons. The quantitative estimate of drug-likeness (QED) is 0.431. The van der Waals surface area contributed by atoms with E-state index in [0.29, 0.717) is 6.61 Å². The summed E-state index contributed by atoms with van der Waals surface area (Å²) in [5.41, 5.74) is 0.261. The Morgan fingerprint density at radius 2 is 2.40 bits per heavy atom. The Morgan fingerprint density at radius 1 is 1.60 bits per heavy atom. The van der Waals surface area contributed by atoms with Gasteiger partial charge < -0.3 is 9.57 Å². The van der Waals surface area contributed by atoms with Crippen LogP contribution in [0.4, 0.5) is 0 Å². The molecule has 0 N–H and O–H groups in total. The van der Waals surface area contributed by atoms with E-state index in [2.05, 4.69) is 9.99 Å². The van der Waals surface area contributed by atoms with Gasteiger partial charge in [0.25, 0.3) is 0 Å². The Balaban J connectivity index is 2.77. The summed E-state index contributed by atoms with van der Waals surface area (Å²) in [5.74, 6) is 1.59. The van der Waals surface area contributed by atoms with Gasteiger partial charge >= 0.3 is 5.97 Å². The third-order valence-corrected chi connectivity index (χ3v) is 3.81. The molecule has 0 aromatic rings. The number of nitrogens with zero attached hydrogens (tertiary/aromatic N) is 1. The van der Waals surface area contributed by atoms with Crippen LogP contribution in [0.5, 0.6) is 0 Å². The van der Waals surface area contributed by atoms with Crippen molar-refractivity contribution in [3.05, 3.63) is 10.3 Å². The first-order chi connectivity index (χ1) is 7.29. The van der Waals surface area contributed by atoms with Crippen LogP contribution in [0.2, 0.25) is 0 Å². The zero-order valence-corrected chi connectivity index (χ0v) is 10.3. The van der Waals surface area contributed by atoms with E-state index in [1.807, 2.05) is 5.41 Å². The number of hydrogen-bond donors (Lipinski definition) is 0. The molecule has 15 heavy (non-hydrogen) atoms. The fourth-order valence-electron chi connectivity index (χ4n) is 0.966. The molecule has 0 atom stereocenters. The molecule has 0 saturated heterocycles. The molecular formula is C9H13NO3S2. The standard InChI is InChI=1S/C9H13NO3S2/c1-3-13-9(11)8(10-12-2)7-6-14-4-5-15-7/h6H,3-5H2,1-2H3/b10-8+. The van der Waals surface area contributed by atoms with Crippen LogP contribution in [0, 0.1) is 0 Å². The molecule has 0 aliphatic carbocycles. The summed E-state index contributed by atoms with van der Waals surface area (Å²) < 4.78 is 4.90. The van der Waals surface area contributed by atoms with Crippen LogP contribution in [0.25, 0.3) is 0 Å². The number of oxime groups is 1. The zero-order chi connectivity index (χ0) is 11.1. The van der Waals surface area contributed by atoms with Gasteiger partial charge in [0.15, 0.2) is 0 Å². The topological polar surface area (TPSA) is 47.9 Å². The Labute approximate surface area is 97.4 Å². The van der Waals surface area contributed by atoms with E-state index >= 15 is 0 Å². The van der Waals surface area contributed by atoms with E-state index in [1.54, 1.807) is 30.4 Å². The average Bonchev–Trinajstić information content (AvgIpc) is 2.27. The lowest BCUT2D eigenvalue weighted by atomic mass is 10.4. The van der Waals surface area contributed by atoms with Gasteiger partial charge in [-0.3, -0.25) is 0 Å². The summed E-state index contributed by atoms with van der Waals surface area (Å²) in [7, 11) is 1.42. The second kappa shape index (κ2) is 6.79. The van der Waals surface area contributed by atoms with Crippen molar-refractivity contribution in [2.75, 3.05) is 25.2 Å². The minimum atomic E-state index is -0.430. The van der Waals surface area contributed by atoms with E-state index in [1.165, 1.54) is 7.11 Å². The summed E-state index contributed by atoms with van der Waals surface area (Å²) in [4.78, 5) is 17.0. The van der Waals surface area contributed by atoms with Gasteiger partial charge in [0.1, 0.15) is 7.11 Å². The van der Waals surface area contributed by atoms with Crippen molar-refractivity contribution in [1.82, 2.24) is 0 Å². The van der Waals surface area contributed by atoms with Crippen molar-refractivity contribution in [3.8, 4) is 0 Å². The molecule has 1 heterocycles. The maximum Gasteiger partial charge on any atom is 0.361 e. The molecule has 0 fully saturated rings. The molecule has 0 aromatic carbocycles. The lowest BCUT2D eigenvalue weighted by Crippen LogP contribution is -2.20. The van der Waals surface area contributed by atoms with Crippen LogP contribution >= 0.6 is 23.5 Å². The summed E-state index contributed by atoms with van der Waals surface area (Å²) in [6.45, 7) is 2.10. The Bertz CT molecular complexity index is 289. The van der Waals surface area contributed by atoms with Crippen molar-refractivity contribution in [3.63, 3.8) is 0 Å². The smallest absolute Gasteiger partial charge is 0.361 e. The number of thioether (sulfide) groups is 2. The number of carbonyl (C=O) groups is 1. The first kappa shape index (κ1) is 12.4. The second-order valence-corrected chi connectivity index (χ2v) is 4.66. The van der Waals surface area contributed by atoms with Gasteiger partial charge in [-0.2, -0.15) is 0 Å². The maximum absolute atomic E-state index is 11.5. The molecular weight excluding hydrogens is 234 g/mol. The van der Waals surface area contributed by atoms with Crippen LogP contribution in [0.15, 0.2) is 15.5 Å². The van der Waals surface area contributed by atoms with Crippen molar-refractivity contribution in [1.29, 1.82) is 0 Å². The third-order valence-electron chi connectivity index (χ3n) is 1.53. The van der Waals surface area contributed by atoms with E-state index in [-0.39, 0.29) is 5.71 Å². The molecule has 1 aliphatic heterocycles. The molecule has 1 rings (SSSR count). The van der Waals surface area contributed by atoms with Crippen molar-refractivity contribution in [2.45, 2.75) is 6.92 Å². The van der Waals surface area contributed by atoms with Crippen molar-refractivity contribution in [2.24, 2.45) is 5.16 Å². The number of ether oxygens (including phenoxy) is 1. The van der Waals surface area contributed by atoms with E-state index in [0.717, 1.165) is 16.4 Å². The van der Waals surface area contributed by atoms with Crippen LogP contribution in [-0.2, 0) is 14.4 Å². The molecule has 4 nitrogen and oxygen atoms in total. The minimum Gasteiger partial charge on any atom is -0.461 e. The van der Waals surface area contributed by atoms with E-state index in [9.17, 15) is 4.79 Å². The number of carbonyl (C=O) groups excluding carboxylic acids is 1. The molecule has 0 amide bonds. The number of rotatable bonds is 4. The largest absolute Gasteiger partial charge is 0.461 e. The predicted molar refractivity (Wildman–Crippen MR) is 64.1 cm³/mol. The van der Waals surface area contributed by atoms with Crippen LogP contribution in [-0.4, -0.2) is 36.9 Å². The van der Waals surface area contributed by atoms with Gasteiger partial charge in [0.2, 0.25) is 5.71 Å². The van der Waals surface area contributed by atoms with Gasteiger partial charge in [-0.15, -0.1) is 23.5 Å². The van der Waals surface area contributed by atoms with Gasteiger partial charge in [-0.05, 0) is 12.3 Å². The molecule has 6 heteroatoms. The lowest BCUT2D eigenvalue weighted by Gasteiger charge is -2.12. The highest BCUT2D eigenvalue weighted by Gasteiger charge is 2.21. The van der Waals surface area contributed by atoms with E-state index in [4.69, 9.17) is 4.74 Å². The normalized spacial score (nSPS) is 16.9. The molecule has 0 saturated carbocycles. The zero-order valence-electron chi connectivity index (χ0n) is 8.69. The summed E-state index contributed by atoms with van der Waals surface area (Å²) in [5, 5.41) is 5.63. The molecule has 0 unspecified atom stereocenters. The number of hydrogen-bond acceptors (Lipinski definition) is 6. The van der Waals surface area contributed by atoms with E-state index < -0.39 is 5.97 Å². The van der Waals surface area contributed by atoms with Crippen LogP contribution in [0.1, 0.15) is 6.92 Å². The molecule has 1 aliphatic rings. The Morgan fingerprint density at radius 3 is 2.93 bits per heavy atom. The predicted octanol–water partition coefficient (Wildman–Crippen LogP) is 1.87. The maximum atomic E-state index is 11.5. The molecule has 0 spiro atoms. The fourth-order valence-corrected chi connectivity index (χ4v) is 3.02. The van der Waals surface area contributed by atoms with Gasteiger partial charge in [-0.1, -0.05) is 5.16 Å². The Hall–Kier alpha value is -0.620. The molecule has 0 aromatic heterocycles. The van der Waals surface area contributed by atoms with Gasteiger partial charge in [0, 0.05) is 11.5 Å². The first-order valence-corrected chi connectivity index (χ1v) is 6.56. The van der Waals surface area contributed by atoms with Crippen LogP contribution < -0.4 is 0 Å². The highest BCUT2D eigenvalue weighted by molar-refractivity contribution is 8.10. The third kappa shape index (κ3) is 3.79. The summed E-state index contributed by atoms with van der Waals surface area (Å²) in [6.07, 6.45) is 0. The SMILES string of the molecule is CCOC(=O)/C(=N/OC)C1=CSCCS1. The number of esters is 1.